The molecule has 136 valence electrons. The number of fused-ring (bicyclic) bond motifs is 2. The highest BCUT2D eigenvalue weighted by atomic mass is 32.2. The van der Waals surface area contributed by atoms with Crippen LogP contribution in [0.25, 0.3) is 10.9 Å². The number of hydrogen-bond acceptors (Lipinski definition) is 4. The van der Waals surface area contributed by atoms with Crippen molar-refractivity contribution in [1.82, 2.24) is 18.8 Å². The Morgan fingerprint density at radius 2 is 2.08 bits per heavy atom. The fourth-order valence-corrected chi connectivity index (χ4v) is 4.86. The summed E-state index contributed by atoms with van der Waals surface area (Å²) >= 11 is 0. The first-order valence-electron chi connectivity index (χ1n) is 8.82. The summed E-state index contributed by atoms with van der Waals surface area (Å²) in [6, 6.07) is 7.06. The summed E-state index contributed by atoms with van der Waals surface area (Å²) in [6.45, 7) is 3.16. The molecule has 0 aliphatic carbocycles. The van der Waals surface area contributed by atoms with E-state index in [0.29, 0.717) is 5.39 Å². The van der Waals surface area contributed by atoms with Gasteiger partial charge in [-0.25, -0.2) is 13.4 Å². The highest BCUT2D eigenvalue weighted by Crippen LogP contribution is 2.27. The first-order valence-corrected chi connectivity index (χ1v) is 10.3. The Morgan fingerprint density at radius 3 is 2.88 bits per heavy atom. The normalized spacial score (nSPS) is 14.7. The fourth-order valence-electron chi connectivity index (χ4n) is 3.54. The zero-order valence-electron chi connectivity index (χ0n) is 15.0. The van der Waals surface area contributed by atoms with E-state index in [2.05, 4.69) is 14.5 Å². The van der Waals surface area contributed by atoms with Gasteiger partial charge in [-0.05, 0) is 43.5 Å². The minimum absolute atomic E-state index is 0.262. The standard InChI is InChI=1S/C19H22N4O2S/c1-14-8-9-17(16-6-5-10-20-19(14)16)26(24,25)22(2)12-15-13-23-11-4-3-7-18(23)21-15/h5-6,8-10,13H,3-4,7,11-12H2,1-2H3. The maximum atomic E-state index is 13.2. The van der Waals surface area contributed by atoms with Crippen LogP contribution in [0.2, 0.25) is 0 Å². The Balaban J connectivity index is 1.68. The minimum Gasteiger partial charge on any atom is -0.335 e. The van der Waals surface area contributed by atoms with Crippen LogP contribution < -0.4 is 0 Å². The molecule has 6 nitrogen and oxygen atoms in total. The van der Waals surface area contributed by atoms with E-state index in [9.17, 15) is 8.42 Å². The molecule has 7 heteroatoms. The maximum absolute atomic E-state index is 13.2. The van der Waals surface area contributed by atoms with Crippen molar-refractivity contribution in [2.75, 3.05) is 7.05 Å². The Hall–Kier alpha value is -2.25. The van der Waals surface area contributed by atoms with E-state index in [4.69, 9.17) is 0 Å². The predicted octanol–water partition coefficient (Wildman–Crippen LogP) is 2.90. The number of sulfonamides is 1. The van der Waals surface area contributed by atoms with Crippen molar-refractivity contribution in [2.24, 2.45) is 0 Å². The van der Waals surface area contributed by atoms with Crippen LogP contribution >= 0.6 is 0 Å². The molecule has 0 spiro atoms. The molecule has 0 saturated heterocycles. The van der Waals surface area contributed by atoms with E-state index < -0.39 is 10.0 Å². The lowest BCUT2D eigenvalue weighted by Gasteiger charge is -2.17. The van der Waals surface area contributed by atoms with E-state index in [-0.39, 0.29) is 11.4 Å². The molecule has 0 amide bonds. The SMILES string of the molecule is Cc1ccc(S(=O)(=O)N(C)Cc2cn3c(n2)CCCC3)c2cccnc12. The average molecular weight is 370 g/mol. The molecule has 0 fully saturated rings. The second-order valence-corrected chi connectivity index (χ2v) is 8.85. The molecule has 0 atom stereocenters. The van der Waals surface area contributed by atoms with E-state index >= 15 is 0 Å². The third-order valence-corrected chi connectivity index (χ3v) is 6.82. The van der Waals surface area contributed by atoms with Crippen molar-refractivity contribution in [1.29, 1.82) is 0 Å². The zero-order chi connectivity index (χ0) is 18.3. The summed E-state index contributed by atoms with van der Waals surface area (Å²) < 4.78 is 29.9. The van der Waals surface area contributed by atoms with Gasteiger partial charge in [-0.1, -0.05) is 6.07 Å². The number of rotatable bonds is 4. The molecule has 1 aliphatic heterocycles. The van der Waals surface area contributed by atoms with Crippen LogP contribution in [-0.2, 0) is 29.5 Å². The third kappa shape index (κ3) is 2.91. The van der Waals surface area contributed by atoms with Gasteiger partial charge in [0, 0.05) is 37.8 Å². The first-order chi connectivity index (χ1) is 12.5. The van der Waals surface area contributed by atoms with Crippen LogP contribution in [0.15, 0.2) is 41.6 Å². The van der Waals surface area contributed by atoms with Gasteiger partial charge in [-0.2, -0.15) is 4.31 Å². The molecule has 2 aromatic heterocycles. The van der Waals surface area contributed by atoms with Crippen molar-refractivity contribution < 1.29 is 8.42 Å². The van der Waals surface area contributed by atoms with Gasteiger partial charge in [-0.15, -0.1) is 0 Å². The highest BCUT2D eigenvalue weighted by Gasteiger charge is 2.25. The summed E-state index contributed by atoms with van der Waals surface area (Å²) in [5, 5.41) is 0.656. The number of benzene rings is 1. The van der Waals surface area contributed by atoms with Crippen molar-refractivity contribution in [2.45, 2.75) is 44.2 Å². The van der Waals surface area contributed by atoms with Gasteiger partial charge in [0.25, 0.3) is 0 Å². The molecule has 0 unspecified atom stereocenters. The monoisotopic (exact) mass is 370 g/mol. The third-order valence-electron chi connectivity index (χ3n) is 4.96. The Labute approximate surface area is 153 Å². The molecule has 1 aromatic carbocycles. The summed E-state index contributed by atoms with van der Waals surface area (Å²) in [6.07, 6.45) is 6.93. The maximum Gasteiger partial charge on any atom is 0.243 e. The second kappa shape index (κ2) is 6.48. The average Bonchev–Trinajstić information content (AvgIpc) is 3.04. The van der Waals surface area contributed by atoms with E-state index in [0.717, 1.165) is 48.4 Å². The zero-order valence-corrected chi connectivity index (χ0v) is 15.8. The van der Waals surface area contributed by atoms with E-state index in [1.165, 1.54) is 4.31 Å². The largest absolute Gasteiger partial charge is 0.335 e. The molecule has 4 rings (SSSR count). The van der Waals surface area contributed by atoms with Gasteiger partial charge in [-0.3, -0.25) is 4.98 Å². The quantitative estimate of drug-likeness (QED) is 0.708. The fraction of sp³-hybridized carbons (Fsp3) is 0.368. The van der Waals surface area contributed by atoms with Crippen molar-refractivity contribution in [3.05, 3.63) is 53.7 Å². The minimum atomic E-state index is -3.64. The molecule has 0 bridgehead atoms. The molecule has 1 aliphatic rings. The van der Waals surface area contributed by atoms with Gasteiger partial charge in [0.05, 0.1) is 22.7 Å². The lowest BCUT2D eigenvalue weighted by atomic mass is 10.1. The number of pyridine rings is 1. The van der Waals surface area contributed by atoms with Crippen molar-refractivity contribution >= 4 is 20.9 Å². The molecule has 0 radical (unpaired) electrons. The summed E-state index contributed by atoms with van der Waals surface area (Å²) in [5.41, 5.74) is 2.48. The molecular weight excluding hydrogens is 348 g/mol. The van der Waals surface area contributed by atoms with Gasteiger partial charge < -0.3 is 4.57 Å². The number of aromatic nitrogens is 3. The molecular formula is C19H22N4O2S. The second-order valence-electron chi connectivity index (χ2n) is 6.84. The lowest BCUT2D eigenvalue weighted by molar-refractivity contribution is 0.463. The summed E-state index contributed by atoms with van der Waals surface area (Å²) in [5.74, 6) is 1.06. The van der Waals surface area contributed by atoms with E-state index in [1.807, 2.05) is 25.3 Å². The van der Waals surface area contributed by atoms with E-state index in [1.54, 1.807) is 25.4 Å². The van der Waals surface area contributed by atoms with Crippen LogP contribution in [0.3, 0.4) is 0 Å². The molecule has 26 heavy (non-hydrogen) atoms. The van der Waals surface area contributed by atoms with Gasteiger partial charge in [0.15, 0.2) is 0 Å². The molecule has 0 saturated carbocycles. The molecule has 3 aromatic rings. The lowest BCUT2D eigenvalue weighted by Crippen LogP contribution is -2.27. The van der Waals surface area contributed by atoms with Crippen LogP contribution in [0, 0.1) is 6.92 Å². The molecule has 0 N–H and O–H groups in total. The van der Waals surface area contributed by atoms with Crippen LogP contribution in [0.5, 0.6) is 0 Å². The van der Waals surface area contributed by atoms with Crippen LogP contribution in [0.4, 0.5) is 0 Å². The summed E-state index contributed by atoms with van der Waals surface area (Å²) in [4.78, 5) is 9.25. The first kappa shape index (κ1) is 17.2. The Morgan fingerprint density at radius 1 is 1.23 bits per heavy atom. The number of hydrogen-bond donors (Lipinski definition) is 0. The van der Waals surface area contributed by atoms with Gasteiger partial charge in [0.2, 0.25) is 10.0 Å². The summed E-state index contributed by atoms with van der Waals surface area (Å²) in [7, 11) is -2.03. The van der Waals surface area contributed by atoms with Crippen LogP contribution in [-0.4, -0.2) is 34.3 Å². The number of nitrogens with zero attached hydrogens (tertiary/aromatic N) is 4. The van der Waals surface area contributed by atoms with Crippen molar-refractivity contribution in [3.8, 4) is 0 Å². The van der Waals surface area contributed by atoms with Crippen LogP contribution in [0.1, 0.15) is 29.9 Å². The predicted molar refractivity (Wildman–Crippen MR) is 100 cm³/mol. The number of imidazole rings is 1. The topological polar surface area (TPSA) is 68.1 Å². The Bertz CT molecular complexity index is 1050. The smallest absolute Gasteiger partial charge is 0.243 e. The number of aryl methyl sites for hydroxylation is 3. The van der Waals surface area contributed by atoms with Gasteiger partial charge >= 0.3 is 0 Å². The molecule has 3 heterocycles. The van der Waals surface area contributed by atoms with Gasteiger partial charge in [0.1, 0.15) is 5.82 Å². The Kier molecular flexibility index (Phi) is 4.28. The van der Waals surface area contributed by atoms with Crippen molar-refractivity contribution in [3.63, 3.8) is 0 Å². The highest BCUT2D eigenvalue weighted by molar-refractivity contribution is 7.89.